The Morgan fingerprint density at radius 2 is 1.28 bits per heavy atom. The number of aliphatic hydroxyl groups excluding tert-OH is 3. The molecule has 0 aromatic carbocycles. The van der Waals surface area contributed by atoms with E-state index in [-0.39, 0.29) is 0 Å². The van der Waals surface area contributed by atoms with Crippen LogP contribution < -0.4 is 0 Å². The van der Waals surface area contributed by atoms with Gasteiger partial charge in [-0.15, -0.1) is 0 Å². The molecule has 0 aliphatic rings. The van der Waals surface area contributed by atoms with Crippen LogP contribution in [0.2, 0.25) is 0 Å². The van der Waals surface area contributed by atoms with Gasteiger partial charge in [0, 0.05) is 0 Å². The minimum absolute atomic E-state index is 0.522. The van der Waals surface area contributed by atoms with Crippen molar-refractivity contribution in [3.63, 3.8) is 0 Å². The third-order valence-electron chi connectivity index (χ3n) is 1.87. The van der Waals surface area contributed by atoms with E-state index in [9.17, 15) is 9.59 Å². The predicted molar refractivity (Wildman–Crippen MR) is 59.7 cm³/mol. The van der Waals surface area contributed by atoms with Gasteiger partial charge in [0.2, 0.25) is 0 Å². The van der Waals surface area contributed by atoms with Gasteiger partial charge >= 0.3 is 11.9 Å². The minimum atomic E-state index is -2.27. The maximum Gasteiger partial charge on any atom is 0.335 e. The van der Waals surface area contributed by atoms with Crippen LogP contribution >= 0.6 is 0 Å². The largest absolute Gasteiger partial charge is 0.479 e. The van der Waals surface area contributed by atoms with Crippen molar-refractivity contribution in [2.75, 3.05) is 0 Å². The zero-order valence-corrected chi connectivity index (χ0v) is 10.1. The lowest BCUT2D eigenvalue weighted by atomic mass is 10.2. The first-order valence-electron chi connectivity index (χ1n) is 5.41. The quantitative estimate of drug-likeness (QED) is 0.247. The monoisotopic (exact) mass is 268 g/mol. The molecule has 108 valence electrons. The molecule has 2 unspecified atom stereocenters. The number of rotatable bonds is 7. The fraction of sp³-hybridized carbons (Fsp3) is 0.800. The molecule has 8 heteroatoms. The molecule has 0 saturated carbocycles. The standard InChI is InChI=1S/C6H14O2.C4H6O6/c1-2-3-4-5-6(7)8;5-1(3(7)8)2(6)4(9)10/h6-8H,2-5H2,1H3;1-2,5-6H,(H,7,8)(H,9,10). The maximum atomic E-state index is 9.77. The number of carbonyl (C=O) groups is 2. The Morgan fingerprint density at radius 3 is 1.50 bits per heavy atom. The van der Waals surface area contributed by atoms with E-state index in [4.69, 9.17) is 30.6 Å². The molecule has 0 amide bonds. The third kappa shape index (κ3) is 11.3. The van der Waals surface area contributed by atoms with Crippen molar-refractivity contribution < 1.29 is 40.2 Å². The first-order chi connectivity index (χ1) is 8.23. The van der Waals surface area contributed by atoms with E-state index >= 15 is 0 Å². The van der Waals surface area contributed by atoms with E-state index in [0.29, 0.717) is 6.42 Å². The summed E-state index contributed by atoms with van der Waals surface area (Å²) >= 11 is 0. The Hall–Kier alpha value is -1.22. The van der Waals surface area contributed by atoms with Crippen LogP contribution in [-0.2, 0) is 9.59 Å². The number of aliphatic carboxylic acids is 2. The lowest BCUT2D eigenvalue weighted by Crippen LogP contribution is -2.39. The van der Waals surface area contributed by atoms with E-state index in [1.807, 2.05) is 0 Å². The Morgan fingerprint density at radius 1 is 0.889 bits per heavy atom. The van der Waals surface area contributed by atoms with Crippen molar-refractivity contribution in [3.8, 4) is 0 Å². The molecule has 0 saturated heterocycles. The summed E-state index contributed by atoms with van der Waals surface area (Å²) in [7, 11) is 0. The zero-order chi connectivity index (χ0) is 14.7. The van der Waals surface area contributed by atoms with E-state index in [1.54, 1.807) is 0 Å². The van der Waals surface area contributed by atoms with Gasteiger partial charge in [-0.2, -0.15) is 0 Å². The highest BCUT2D eigenvalue weighted by Gasteiger charge is 2.29. The minimum Gasteiger partial charge on any atom is -0.479 e. The lowest BCUT2D eigenvalue weighted by Gasteiger charge is -2.07. The maximum absolute atomic E-state index is 9.77. The zero-order valence-electron chi connectivity index (χ0n) is 10.1. The van der Waals surface area contributed by atoms with Gasteiger partial charge in [-0.1, -0.05) is 19.8 Å². The highest BCUT2D eigenvalue weighted by atomic mass is 16.5. The third-order valence-corrected chi connectivity index (χ3v) is 1.87. The molecular weight excluding hydrogens is 248 g/mol. The van der Waals surface area contributed by atoms with Gasteiger partial charge in [-0.05, 0) is 12.8 Å². The molecule has 0 aromatic rings. The van der Waals surface area contributed by atoms with Crippen molar-refractivity contribution >= 4 is 11.9 Å². The van der Waals surface area contributed by atoms with Crippen molar-refractivity contribution in [3.05, 3.63) is 0 Å². The van der Waals surface area contributed by atoms with E-state index in [2.05, 4.69) is 6.92 Å². The van der Waals surface area contributed by atoms with E-state index in [0.717, 1.165) is 19.3 Å². The highest BCUT2D eigenvalue weighted by Crippen LogP contribution is 1.99. The Bertz CT molecular complexity index is 222. The van der Waals surface area contributed by atoms with Crippen LogP contribution in [-0.4, -0.2) is 61.1 Å². The topological polar surface area (TPSA) is 156 Å². The van der Waals surface area contributed by atoms with E-state index < -0.39 is 30.4 Å². The van der Waals surface area contributed by atoms with Gasteiger partial charge in [0.05, 0.1) is 0 Å². The number of hydrogen-bond acceptors (Lipinski definition) is 6. The van der Waals surface area contributed by atoms with Gasteiger partial charge in [0.15, 0.2) is 18.5 Å². The summed E-state index contributed by atoms with van der Waals surface area (Å²) in [5, 5.41) is 49.2. The van der Waals surface area contributed by atoms with Crippen LogP contribution in [0.4, 0.5) is 0 Å². The summed E-state index contributed by atoms with van der Waals surface area (Å²) in [5.74, 6) is -3.54. The molecule has 0 aliphatic heterocycles. The molecule has 0 aromatic heterocycles. The molecule has 0 spiro atoms. The number of hydrogen-bond donors (Lipinski definition) is 6. The summed E-state index contributed by atoms with van der Waals surface area (Å²) in [6.07, 6.45) is -1.96. The Labute approximate surface area is 104 Å². The Kier molecular flexibility index (Phi) is 11.6. The Balaban J connectivity index is 0. The number of aliphatic hydroxyl groups is 4. The average molecular weight is 268 g/mol. The molecule has 0 radical (unpaired) electrons. The highest BCUT2D eigenvalue weighted by molar-refractivity contribution is 5.83. The van der Waals surface area contributed by atoms with Crippen molar-refractivity contribution in [1.82, 2.24) is 0 Å². The molecule has 0 rings (SSSR count). The van der Waals surface area contributed by atoms with Crippen LogP contribution in [0.5, 0.6) is 0 Å². The fourth-order valence-corrected chi connectivity index (χ4v) is 0.847. The van der Waals surface area contributed by atoms with Crippen molar-refractivity contribution in [2.24, 2.45) is 0 Å². The molecule has 8 nitrogen and oxygen atoms in total. The van der Waals surface area contributed by atoms with Gasteiger partial charge < -0.3 is 30.6 Å². The normalized spacial score (nSPS) is 13.4. The van der Waals surface area contributed by atoms with Crippen LogP contribution in [0.1, 0.15) is 32.6 Å². The summed E-state index contributed by atoms with van der Waals surface area (Å²) in [4.78, 5) is 19.5. The van der Waals surface area contributed by atoms with Crippen molar-refractivity contribution in [2.45, 2.75) is 51.1 Å². The number of unbranched alkanes of at least 4 members (excludes halogenated alkanes) is 2. The molecule has 18 heavy (non-hydrogen) atoms. The second-order valence-corrected chi connectivity index (χ2v) is 3.54. The lowest BCUT2D eigenvalue weighted by molar-refractivity contribution is -0.165. The van der Waals surface area contributed by atoms with Gasteiger partial charge in [0.25, 0.3) is 0 Å². The second kappa shape index (κ2) is 10.9. The first kappa shape index (κ1) is 19.1. The molecule has 0 aliphatic carbocycles. The van der Waals surface area contributed by atoms with E-state index in [1.165, 1.54) is 0 Å². The molecule has 0 bridgehead atoms. The van der Waals surface area contributed by atoms with Gasteiger partial charge in [0.1, 0.15) is 0 Å². The average Bonchev–Trinajstić information content (AvgIpc) is 2.27. The summed E-state index contributed by atoms with van der Waals surface area (Å²) in [6.45, 7) is 2.09. The summed E-state index contributed by atoms with van der Waals surface area (Å²) in [6, 6.07) is 0. The number of carboxylic acid groups (broad SMARTS) is 2. The van der Waals surface area contributed by atoms with Crippen molar-refractivity contribution in [1.29, 1.82) is 0 Å². The first-order valence-corrected chi connectivity index (χ1v) is 5.41. The van der Waals surface area contributed by atoms with Crippen LogP contribution in [0.3, 0.4) is 0 Å². The number of carboxylic acids is 2. The SMILES string of the molecule is CCCCCC(O)O.O=C(O)C(O)C(O)C(=O)O. The van der Waals surface area contributed by atoms with Crippen LogP contribution in [0.25, 0.3) is 0 Å². The summed E-state index contributed by atoms with van der Waals surface area (Å²) in [5.41, 5.74) is 0. The molecule has 0 fully saturated rings. The molecule has 0 heterocycles. The predicted octanol–water partition coefficient (Wildman–Crippen LogP) is -1.25. The second-order valence-electron chi connectivity index (χ2n) is 3.54. The fourth-order valence-electron chi connectivity index (χ4n) is 0.847. The molecule has 6 N–H and O–H groups in total. The van der Waals surface area contributed by atoms with Crippen LogP contribution in [0, 0.1) is 0 Å². The molecule has 2 atom stereocenters. The van der Waals surface area contributed by atoms with Gasteiger partial charge in [-0.25, -0.2) is 9.59 Å². The van der Waals surface area contributed by atoms with Crippen LogP contribution in [0.15, 0.2) is 0 Å². The summed E-state index contributed by atoms with van der Waals surface area (Å²) < 4.78 is 0. The smallest absolute Gasteiger partial charge is 0.335 e. The van der Waals surface area contributed by atoms with Gasteiger partial charge in [-0.3, -0.25) is 0 Å². The molecular formula is C10H20O8.